The molecule has 0 unspecified atom stereocenters. The highest BCUT2D eigenvalue weighted by atomic mass is 32.2. The summed E-state index contributed by atoms with van der Waals surface area (Å²) in [5.74, 6) is 0. The van der Waals surface area contributed by atoms with Crippen LogP contribution in [0, 0.1) is 6.92 Å². The fourth-order valence-corrected chi connectivity index (χ4v) is 3.06. The van der Waals surface area contributed by atoms with Gasteiger partial charge in [0.05, 0.1) is 18.4 Å². The number of aromatic nitrogens is 4. The molecule has 3 heterocycles. The zero-order valence-electron chi connectivity index (χ0n) is 11.7. The Kier molecular flexibility index (Phi) is 3.26. The molecule has 0 aliphatic rings. The van der Waals surface area contributed by atoms with Gasteiger partial charge in [0.15, 0.2) is 0 Å². The number of rotatable bonds is 4. The maximum Gasteiger partial charge on any atom is 0.244 e. The van der Waals surface area contributed by atoms with Gasteiger partial charge in [-0.3, -0.25) is 4.68 Å². The van der Waals surface area contributed by atoms with Gasteiger partial charge >= 0.3 is 0 Å². The number of fused-ring (bicyclic) bond motifs is 1. The van der Waals surface area contributed by atoms with Gasteiger partial charge in [-0.05, 0) is 19.1 Å². The molecular formula is C13H15N5O2S. The second kappa shape index (κ2) is 4.97. The second-order valence-electron chi connectivity index (χ2n) is 4.80. The number of hydrogen-bond donors (Lipinski definition) is 1. The first-order valence-corrected chi connectivity index (χ1v) is 7.86. The van der Waals surface area contributed by atoms with Gasteiger partial charge in [0.2, 0.25) is 10.0 Å². The van der Waals surface area contributed by atoms with Crippen molar-refractivity contribution in [2.45, 2.75) is 18.4 Å². The molecule has 0 spiro atoms. The molecule has 0 aromatic carbocycles. The van der Waals surface area contributed by atoms with E-state index < -0.39 is 10.0 Å². The Labute approximate surface area is 122 Å². The van der Waals surface area contributed by atoms with E-state index in [1.54, 1.807) is 7.05 Å². The third-order valence-corrected chi connectivity index (χ3v) is 4.54. The molecule has 0 saturated heterocycles. The minimum atomic E-state index is -3.57. The number of nitrogens with one attached hydrogen (secondary N) is 1. The fraction of sp³-hybridized carbons (Fsp3) is 0.231. The molecule has 0 radical (unpaired) electrons. The predicted octanol–water partition coefficient (Wildman–Crippen LogP) is 0.855. The van der Waals surface area contributed by atoms with E-state index in [0.717, 1.165) is 11.3 Å². The Morgan fingerprint density at radius 2 is 2.10 bits per heavy atom. The summed E-state index contributed by atoms with van der Waals surface area (Å²) in [6.07, 6.45) is 4.60. The Hall–Kier alpha value is -2.19. The summed E-state index contributed by atoms with van der Waals surface area (Å²) in [6, 6.07) is 5.77. The van der Waals surface area contributed by atoms with Crippen LogP contribution in [-0.4, -0.2) is 27.6 Å². The van der Waals surface area contributed by atoms with Crippen LogP contribution in [0.2, 0.25) is 0 Å². The average molecular weight is 305 g/mol. The first-order valence-electron chi connectivity index (χ1n) is 6.37. The largest absolute Gasteiger partial charge is 0.304 e. The lowest BCUT2D eigenvalue weighted by Crippen LogP contribution is -2.23. The lowest BCUT2D eigenvalue weighted by Gasteiger charge is -2.01. The van der Waals surface area contributed by atoms with Gasteiger partial charge in [-0.2, -0.15) is 5.10 Å². The van der Waals surface area contributed by atoms with E-state index in [2.05, 4.69) is 14.8 Å². The Morgan fingerprint density at radius 1 is 1.29 bits per heavy atom. The van der Waals surface area contributed by atoms with Crippen molar-refractivity contribution in [3.8, 4) is 0 Å². The molecule has 0 atom stereocenters. The van der Waals surface area contributed by atoms with Crippen LogP contribution in [0.5, 0.6) is 0 Å². The maximum absolute atomic E-state index is 12.1. The van der Waals surface area contributed by atoms with E-state index in [1.165, 1.54) is 17.1 Å². The Bertz CT molecular complexity index is 894. The molecule has 0 aliphatic heterocycles. The zero-order chi connectivity index (χ0) is 15.0. The van der Waals surface area contributed by atoms with Crippen LogP contribution in [0.25, 0.3) is 5.65 Å². The molecule has 1 N–H and O–H groups in total. The van der Waals surface area contributed by atoms with Crippen LogP contribution >= 0.6 is 0 Å². The summed E-state index contributed by atoms with van der Waals surface area (Å²) >= 11 is 0. The van der Waals surface area contributed by atoms with Gasteiger partial charge < -0.3 is 4.40 Å². The normalized spacial score (nSPS) is 12.1. The van der Waals surface area contributed by atoms with E-state index in [-0.39, 0.29) is 11.4 Å². The van der Waals surface area contributed by atoms with Gasteiger partial charge in [0.25, 0.3) is 0 Å². The number of sulfonamides is 1. The van der Waals surface area contributed by atoms with Crippen LogP contribution in [0.3, 0.4) is 0 Å². The summed E-state index contributed by atoms with van der Waals surface area (Å²) in [5.41, 5.74) is 2.50. The maximum atomic E-state index is 12.1. The van der Waals surface area contributed by atoms with Gasteiger partial charge in [-0.15, -0.1) is 0 Å². The van der Waals surface area contributed by atoms with Crippen molar-refractivity contribution in [2.24, 2.45) is 7.05 Å². The smallest absolute Gasteiger partial charge is 0.244 e. The van der Waals surface area contributed by atoms with Crippen molar-refractivity contribution in [3.05, 3.63) is 48.2 Å². The summed E-state index contributed by atoms with van der Waals surface area (Å²) in [6.45, 7) is 2.11. The van der Waals surface area contributed by atoms with Crippen LogP contribution in [0.1, 0.15) is 11.4 Å². The number of imidazole rings is 1. The highest BCUT2D eigenvalue weighted by Gasteiger charge is 2.16. The van der Waals surface area contributed by atoms with Crippen LogP contribution in [-0.2, 0) is 23.6 Å². The van der Waals surface area contributed by atoms with Crippen molar-refractivity contribution in [1.29, 1.82) is 0 Å². The Balaban J connectivity index is 1.81. The predicted molar refractivity (Wildman–Crippen MR) is 77.2 cm³/mol. The summed E-state index contributed by atoms with van der Waals surface area (Å²) in [5, 5.41) is 3.86. The van der Waals surface area contributed by atoms with E-state index in [9.17, 15) is 8.42 Å². The van der Waals surface area contributed by atoms with Crippen molar-refractivity contribution < 1.29 is 8.42 Å². The number of aryl methyl sites for hydroxylation is 2. The molecule has 0 amide bonds. The van der Waals surface area contributed by atoms with E-state index in [1.807, 2.05) is 35.7 Å². The van der Waals surface area contributed by atoms with E-state index in [0.29, 0.717) is 5.69 Å². The molecule has 3 aromatic heterocycles. The number of hydrogen-bond acceptors (Lipinski definition) is 4. The van der Waals surface area contributed by atoms with Crippen LogP contribution < -0.4 is 4.72 Å². The molecular weight excluding hydrogens is 290 g/mol. The SMILES string of the molecule is Cc1cccc2nc(CNS(=O)(=O)c3cnn(C)c3)cn12. The molecule has 0 fully saturated rings. The molecule has 8 heteroatoms. The van der Waals surface area contributed by atoms with Crippen LogP contribution in [0.15, 0.2) is 41.7 Å². The van der Waals surface area contributed by atoms with Crippen LogP contribution in [0.4, 0.5) is 0 Å². The van der Waals surface area contributed by atoms with Gasteiger partial charge in [-0.1, -0.05) is 6.07 Å². The third kappa shape index (κ3) is 2.67. The molecule has 0 bridgehead atoms. The molecule has 0 aliphatic carbocycles. The van der Waals surface area contributed by atoms with Gasteiger partial charge in [0, 0.05) is 25.1 Å². The molecule has 0 saturated carbocycles. The first kappa shape index (κ1) is 13.8. The van der Waals surface area contributed by atoms with E-state index in [4.69, 9.17) is 0 Å². The van der Waals surface area contributed by atoms with Gasteiger partial charge in [0.1, 0.15) is 10.5 Å². The van der Waals surface area contributed by atoms with Crippen molar-refractivity contribution in [1.82, 2.24) is 23.9 Å². The standard InChI is InChI=1S/C13H15N5O2S/c1-10-4-3-5-13-16-11(8-18(10)13)6-15-21(19,20)12-7-14-17(2)9-12/h3-5,7-9,15H,6H2,1-2H3. The quantitative estimate of drug-likeness (QED) is 0.775. The molecule has 110 valence electrons. The summed E-state index contributed by atoms with van der Waals surface area (Å²) < 4.78 is 30.1. The van der Waals surface area contributed by atoms with Gasteiger partial charge in [-0.25, -0.2) is 18.1 Å². The fourth-order valence-electron chi connectivity index (χ4n) is 2.07. The third-order valence-electron chi connectivity index (χ3n) is 3.18. The summed E-state index contributed by atoms with van der Waals surface area (Å²) in [4.78, 5) is 4.53. The lowest BCUT2D eigenvalue weighted by atomic mass is 10.4. The monoisotopic (exact) mass is 305 g/mol. The second-order valence-corrected chi connectivity index (χ2v) is 6.57. The average Bonchev–Trinajstić information content (AvgIpc) is 3.04. The molecule has 3 aromatic rings. The molecule has 21 heavy (non-hydrogen) atoms. The summed E-state index contributed by atoms with van der Waals surface area (Å²) in [7, 11) is -1.90. The molecule has 7 nitrogen and oxygen atoms in total. The van der Waals surface area contributed by atoms with Crippen molar-refractivity contribution in [2.75, 3.05) is 0 Å². The lowest BCUT2D eigenvalue weighted by molar-refractivity contribution is 0.580. The first-order chi connectivity index (χ1) is 9.95. The number of pyridine rings is 1. The highest BCUT2D eigenvalue weighted by Crippen LogP contribution is 2.10. The zero-order valence-corrected chi connectivity index (χ0v) is 12.5. The molecule has 3 rings (SSSR count). The van der Waals surface area contributed by atoms with Crippen molar-refractivity contribution in [3.63, 3.8) is 0 Å². The minimum Gasteiger partial charge on any atom is -0.304 e. The topological polar surface area (TPSA) is 81.3 Å². The minimum absolute atomic E-state index is 0.137. The Morgan fingerprint density at radius 3 is 2.76 bits per heavy atom. The van der Waals surface area contributed by atoms with E-state index >= 15 is 0 Å². The highest BCUT2D eigenvalue weighted by molar-refractivity contribution is 7.89. The van der Waals surface area contributed by atoms with Crippen molar-refractivity contribution >= 4 is 15.7 Å². The number of nitrogens with zero attached hydrogens (tertiary/aromatic N) is 4.